The van der Waals surface area contributed by atoms with E-state index in [4.69, 9.17) is 0 Å². The zero-order valence-electron chi connectivity index (χ0n) is 13.1. The lowest BCUT2D eigenvalue weighted by Gasteiger charge is -2.35. The molecule has 1 aliphatic rings. The quantitative estimate of drug-likeness (QED) is 0.640. The molecule has 0 bridgehead atoms. The van der Waals surface area contributed by atoms with Gasteiger partial charge in [0.15, 0.2) is 0 Å². The number of amides is 1. The van der Waals surface area contributed by atoms with E-state index in [0.29, 0.717) is 31.9 Å². The number of carbonyl (C=O) groups excluding carboxylic acids is 1. The van der Waals surface area contributed by atoms with Crippen molar-refractivity contribution >= 4 is 17.3 Å². The van der Waals surface area contributed by atoms with Crippen molar-refractivity contribution in [2.75, 3.05) is 31.1 Å². The molecule has 0 atom stereocenters. The Morgan fingerprint density at radius 1 is 1.25 bits per heavy atom. The van der Waals surface area contributed by atoms with E-state index in [-0.39, 0.29) is 22.2 Å². The van der Waals surface area contributed by atoms with Gasteiger partial charge in [-0.2, -0.15) is 0 Å². The molecule has 1 aliphatic heterocycles. The minimum Gasteiger partial charge on any atom is -0.362 e. The second-order valence-electron chi connectivity index (χ2n) is 5.69. The van der Waals surface area contributed by atoms with E-state index in [1.165, 1.54) is 6.20 Å². The number of nitro groups is 1. The lowest BCUT2D eigenvalue weighted by molar-refractivity contribution is -0.384. The molecule has 126 valence electrons. The fourth-order valence-electron chi connectivity index (χ4n) is 2.82. The third kappa shape index (κ3) is 3.00. The van der Waals surface area contributed by atoms with Gasteiger partial charge < -0.3 is 19.8 Å². The number of hydrogen-bond acceptors (Lipinski definition) is 5. The number of hydrogen-bond donors (Lipinski definition) is 2. The van der Waals surface area contributed by atoms with Crippen molar-refractivity contribution in [1.82, 2.24) is 14.9 Å². The first-order chi connectivity index (χ1) is 11.5. The lowest BCUT2D eigenvalue weighted by Crippen LogP contribution is -2.49. The Hall–Kier alpha value is -3.10. The van der Waals surface area contributed by atoms with Crippen molar-refractivity contribution in [1.29, 1.82) is 0 Å². The van der Waals surface area contributed by atoms with Crippen LogP contribution in [0.2, 0.25) is 0 Å². The number of nitro benzene ring substituents is 1. The van der Waals surface area contributed by atoms with Crippen LogP contribution in [0.1, 0.15) is 16.1 Å². The molecule has 1 aromatic heterocycles. The number of H-pyrrole nitrogens is 2. The van der Waals surface area contributed by atoms with E-state index in [9.17, 15) is 19.7 Å². The van der Waals surface area contributed by atoms with Crippen molar-refractivity contribution in [3.05, 3.63) is 56.3 Å². The molecular weight excluding hydrogens is 314 g/mol. The summed E-state index contributed by atoms with van der Waals surface area (Å²) < 4.78 is 0. The highest BCUT2D eigenvalue weighted by Gasteiger charge is 2.26. The number of rotatable bonds is 3. The maximum Gasteiger partial charge on any atom is 0.323 e. The molecule has 24 heavy (non-hydrogen) atoms. The molecule has 2 N–H and O–H groups in total. The standard InChI is InChI=1S/C15H17N5O4/c1-10-2-3-12(13(8-10)20(23)24)18-4-6-19(7-5-18)14(21)11-9-16-15(22)17-11/h2-3,8-9H,4-7H2,1H3,(H2,16,17,22). The number of aryl methyl sites for hydroxylation is 1. The van der Waals surface area contributed by atoms with E-state index in [1.807, 2.05) is 17.9 Å². The topological polar surface area (TPSA) is 115 Å². The largest absolute Gasteiger partial charge is 0.362 e. The summed E-state index contributed by atoms with van der Waals surface area (Å²) in [5.74, 6) is -0.258. The SMILES string of the molecule is Cc1ccc(N2CCN(C(=O)c3c[nH]c(=O)[nH]3)CC2)c([N+](=O)[O-])c1. The minimum atomic E-state index is -0.424. The number of piperazine rings is 1. The Morgan fingerprint density at radius 3 is 2.54 bits per heavy atom. The van der Waals surface area contributed by atoms with Gasteiger partial charge in [-0.05, 0) is 18.6 Å². The monoisotopic (exact) mass is 331 g/mol. The molecule has 1 saturated heterocycles. The fraction of sp³-hybridized carbons (Fsp3) is 0.333. The van der Waals surface area contributed by atoms with Crippen LogP contribution in [0, 0.1) is 17.0 Å². The molecule has 2 aromatic rings. The highest BCUT2D eigenvalue weighted by molar-refractivity contribution is 5.92. The highest BCUT2D eigenvalue weighted by atomic mass is 16.6. The van der Waals surface area contributed by atoms with Crippen LogP contribution in [0.15, 0.2) is 29.2 Å². The summed E-state index contributed by atoms with van der Waals surface area (Å²) in [6.07, 6.45) is 1.35. The first-order valence-corrected chi connectivity index (χ1v) is 7.52. The number of aromatic amines is 2. The number of nitrogens with one attached hydrogen (secondary N) is 2. The van der Waals surface area contributed by atoms with Gasteiger partial charge in [-0.1, -0.05) is 6.07 Å². The van der Waals surface area contributed by atoms with Gasteiger partial charge in [0.05, 0.1) is 4.92 Å². The number of aromatic nitrogens is 2. The van der Waals surface area contributed by atoms with E-state index in [2.05, 4.69) is 9.97 Å². The molecule has 0 saturated carbocycles. The first-order valence-electron chi connectivity index (χ1n) is 7.52. The van der Waals surface area contributed by atoms with E-state index >= 15 is 0 Å². The Kier molecular flexibility index (Phi) is 4.07. The van der Waals surface area contributed by atoms with Crippen LogP contribution >= 0.6 is 0 Å². The van der Waals surface area contributed by atoms with Gasteiger partial charge in [0.1, 0.15) is 11.4 Å². The zero-order chi connectivity index (χ0) is 17.3. The van der Waals surface area contributed by atoms with Crippen molar-refractivity contribution in [3.63, 3.8) is 0 Å². The summed E-state index contributed by atoms with van der Waals surface area (Å²) in [4.78, 5) is 42.6. The number of imidazole rings is 1. The molecule has 1 amide bonds. The third-order valence-electron chi connectivity index (χ3n) is 4.06. The summed E-state index contributed by atoms with van der Waals surface area (Å²) in [5, 5.41) is 11.3. The van der Waals surface area contributed by atoms with Gasteiger partial charge in [0.2, 0.25) is 0 Å². The molecule has 3 rings (SSSR count). The van der Waals surface area contributed by atoms with E-state index in [1.54, 1.807) is 17.0 Å². The van der Waals surface area contributed by atoms with Gasteiger partial charge >= 0.3 is 5.69 Å². The van der Waals surface area contributed by atoms with Crippen LogP contribution in [0.3, 0.4) is 0 Å². The van der Waals surface area contributed by atoms with Gasteiger partial charge in [0.25, 0.3) is 11.6 Å². The van der Waals surface area contributed by atoms with Crippen LogP contribution in [0.25, 0.3) is 0 Å². The average molecular weight is 331 g/mol. The van der Waals surface area contributed by atoms with E-state index in [0.717, 1.165) is 5.56 Å². The second-order valence-corrected chi connectivity index (χ2v) is 5.69. The highest BCUT2D eigenvalue weighted by Crippen LogP contribution is 2.29. The molecule has 2 heterocycles. The second kappa shape index (κ2) is 6.19. The van der Waals surface area contributed by atoms with Crippen molar-refractivity contribution in [2.24, 2.45) is 0 Å². The maximum atomic E-state index is 12.3. The maximum absolute atomic E-state index is 12.3. The van der Waals surface area contributed by atoms with Gasteiger partial charge in [-0.25, -0.2) is 4.79 Å². The first kappa shape index (κ1) is 15.8. The minimum absolute atomic E-state index is 0.0738. The number of benzene rings is 1. The smallest absolute Gasteiger partial charge is 0.323 e. The van der Waals surface area contributed by atoms with Crippen molar-refractivity contribution in [2.45, 2.75) is 6.92 Å². The molecular formula is C15H17N5O4. The molecule has 1 aromatic carbocycles. The Balaban J connectivity index is 1.73. The molecule has 0 aliphatic carbocycles. The lowest BCUT2D eigenvalue weighted by atomic mass is 10.1. The van der Waals surface area contributed by atoms with Crippen LogP contribution in [-0.4, -0.2) is 51.9 Å². The number of nitrogens with zero attached hydrogens (tertiary/aromatic N) is 3. The summed E-state index contributed by atoms with van der Waals surface area (Å²) in [7, 11) is 0. The van der Waals surface area contributed by atoms with Crippen molar-refractivity contribution < 1.29 is 9.72 Å². The number of anilines is 1. The fourth-order valence-corrected chi connectivity index (χ4v) is 2.82. The molecule has 9 heteroatoms. The predicted molar refractivity (Wildman–Crippen MR) is 87.4 cm³/mol. The summed E-state index contributed by atoms with van der Waals surface area (Å²) >= 11 is 0. The Bertz CT molecular complexity index is 832. The molecule has 1 fully saturated rings. The average Bonchev–Trinajstić information content (AvgIpc) is 3.01. The zero-order valence-corrected chi connectivity index (χ0v) is 13.1. The van der Waals surface area contributed by atoms with Gasteiger partial charge in [-0.3, -0.25) is 14.9 Å². The van der Waals surface area contributed by atoms with E-state index < -0.39 is 5.69 Å². The van der Waals surface area contributed by atoms with Crippen LogP contribution < -0.4 is 10.6 Å². The van der Waals surface area contributed by atoms with Crippen molar-refractivity contribution in [3.8, 4) is 0 Å². The Labute approximate surface area is 137 Å². The van der Waals surface area contributed by atoms with Crippen LogP contribution in [0.5, 0.6) is 0 Å². The molecule has 0 unspecified atom stereocenters. The molecule has 9 nitrogen and oxygen atoms in total. The number of carbonyl (C=O) groups is 1. The summed E-state index contributed by atoms with van der Waals surface area (Å²) in [6, 6.07) is 5.14. The molecule has 0 radical (unpaired) electrons. The normalized spacial score (nSPS) is 14.7. The summed E-state index contributed by atoms with van der Waals surface area (Å²) in [6.45, 7) is 3.65. The molecule has 0 spiro atoms. The van der Waals surface area contributed by atoms with Gasteiger partial charge in [0, 0.05) is 38.4 Å². The third-order valence-corrected chi connectivity index (χ3v) is 4.06. The van der Waals surface area contributed by atoms with Crippen LogP contribution in [0.4, 0.5) is 11.4 Å². The Morgan fingerprint density at radius 2 is 1.96 bits per heavy atom. The summed E-state index contributed by atoms with van der Waals surface area (Å²) in [5.41, 5.74) is 1.26. The van der Waals surface area contributed by atoms with Crippen LogP contribution in [-0.2, 0) is 0 Å². The predicted octanol–water partition coefficient (Wildman–Crippen LogP) is 0.882. The van der Waals surface area contributed by atoms with Gasteiger partial charge in [-0.15, -0.1) is 0 Å².